The van der Waals surface area contributed by atoms with Gasteiger partial charge in [0.1, 0.15) is 6.54 Å². The van der Waals surface area contributed by atoms with Crippen LogP contribution in [0.3, 0.4) is 0 Å². The predicted molar refractivity (Wildman–Crippen MR) is 75.6 cm³/mol. The number of hydrogen-bond acceptors (Lipinski definition) is 2. The third kappa shape index (κ3) is 6.16. The van der Waals surface area contributed by atoms with Gasteiger partial charge in [0.05, 0.1) is 6.04 Å². The Balaban J connectivity index is 2.62. The molecular weight excluding hydrogens is 281 g/mol. The number of carbonyl (C=O) groups excluding carboxylic acids is 1. The molecule has 0 aliphatic heterocycles. The van der Waals surface area contributed by atoms with E-state index in [1.165, 1.54) is 0 Å². The van der Waals surface area contributed by atoms with E-state index < -0.39 is 30.7 Å². The minimum absolute atomic E-state index is 0.323. The van der Waals surface area contributed by atoms with Crippen molar-refractivity contribution in [2.45, 2.75) is 44.9 Å². The molecule has 0 radical (unpaired) electrons. The van der Waals surface area contributed by atoms with Crippen LogP contribution >= 0.6 is 0 Å². The minimum atomic E-state index is -4.42. The Labute approximate surface area is 122 Å². The van der Waals surface area contributed by atoms with E-state index in [1.807, 2.05) is 30.3 Å². The molecule has 3 nitrogen and oxygen atoms in total. The van der Waals surface area contributed by atoms with Gasteiger partial charge in [-0.2, -0.15) is 13.2 Å². The van der Waals surface area contributed by atoms with Crippen LogP contribution in [-0.4, -0.2) is 35.6 Å². The SMILES string of the molecule is CC(C)N(CC(F)(F)F)C(=O)[C@@H](N)CCc1ccccc1. The smallest absolute Gasteiger partial charge is 0.330 e. The lowest BCUT2D eigenvalue weighted by Crippen LogP contribution is -2.50. The van der Waals surface area contributed by atoms with Crippen molar-refractivity contribution >= 4 is 5.91 Å². The zero-order valence-electron chi connectivity index (χ0n) is 12.2. The first-order chi connectivity index (χ1) is 9.70. The molecule has 21 heavy (non-hydrogen) atoms. The maximum atomic E-state index is 12.5. The molecule has 0 heterocycles. The maximum Gasteiger partial charge on any atom is 0.406 e. The predicted octanol–water partition coefficient (Wildman–Crippen LogP) is 2.75. The number of benzene rings is 1. The highest BCUT2D eigenvalue weighted by molar-refractivity contribution is 5.82. The largest absolute Gasteiger partial charge is 0.406 e. The van der Waals surface area contributed by atoms with Crippen molar-refractivity contribution in [2.24, 2.45) is 5.73 Å². The van der Waals surface area contributed by atoms with Gasteiger partial charge >= 0.3 is 6.18 Å². The van der Waals surface area contributed by atoms with Gasteiger partial charge in [-0.3, -0.25) is 4.79 Å². The zero-order valence-corrected chi connectivity index (χ0v) is 12.2. The highest BCUT2D eigenvalue weighted by atomic mass is 19.4. The van der Waals surface area contributed by atoms with Gasteiger partial charge < -0.3 is 10.6 Å². The lowest BCUT2D eigenvalue weighted by molar-refractivity contribution is -0.165. The van der Waals surface area contributed by atoms with Crippen molar-refractivity contribution in [3.8, 4) is 0 Å². The summed E-state index contributed by atoms with van der Waals surface area (Å²) in [6.07, 6.45) is -3.53. The van der Waals surface area contributed by atoms with Crippen LogP contribution in [0.5, 0.6) is 0 Å². The van der Waals surface area contributed by atoms with Crippen LogP contribution in [-0.2, 0) is 11.2 Å². The van der Waals surface area contributed by atoms with Gasteiger partial charge in [-0.15, -0.1) is 0 Å². The summed E-state index contributed by atoms with van der Waals surface area (Å²) in [7, 11) is 0. The van der Waals surface area contributed by atoms with Gasteiger partial charge in [-0.05, 0) is 32.3 Å². The number of halogens is 3. The minimum Gasteiger partial charge on any atom is -0.330 e. The Hall–Kier alpha value is -1.56. The highest BCUT2D eigenvalue weighted by Crippen LogP contribution is 2.19. The molecule has 0 aliphatic rings. The fourth-order valence-corrected chi connectivity index (χ4v) is 2.01. The van der Waals surface area contributed by atoms with Crippen LogP contribution in [0.1, 0.15) is 25.8 Å². The molecule has 1 aromatic carbocycles. The first-order valence-corrected chi connectivity index (χ1v) is 6.87. The Kier molecular flexibility index (Phi) is 6.20. The standard InChI is InChI=1S/C15H21F3N2O/c1-11(2)20(10-15(16,17)18)14(21)13(19)9-8-12-6-4-3-5-7-12/h3-7,11,13H,8-10,19H2,1-2H3/t13-/m0/s1. The van der Waals surface area contributed by atoms with E-state index >= 15 is 0 Å². The number of aryl methyl sites for hydroxylation is 1. The second kappa shape index (κ2) is 7.45. The Morgan fingerprint density at radius 1 is 1.24 bits per heavy atom. The fraction of sp³-hybridized carbons (Fsp3) is 0.533. The molecule has 2 N–H and O–H groups in total. The summed E-state index contributed by atoms with van der Waals surface area (Å²) in [4.78, 5) is 12.9. The molecule has 118 valence electrons. The number of hydrogen-bond donors (Lipinski definition) is 1. The summed E-state index contributed by atoms with van der Waals surface area (Å²) < 4.78 is 37.5. The van der Waals surface area contributed by atoms with Crippen LogP contribution in [0.2, 0.25) is 0 Å². The number of nitrogens with zero attached hydrogens (tertiary/aromatic N) is 1. The average Bonchev–Trinajstić information content (AvgIpc) is 2.41. The zero-order chi connectivity index (χ0) is 16.0. The quantitative estimate of drug-likeness (QED) is 0.878. The topological polar surface area (TPSA) is 46.3 Å². The summed E-state index contributed by atoms with van der Waals surface area (Å²) in [5, 5.41) is 0. The van der Waals surface area contributed by atoms with Crippen LogP contribution in [0, 0.1) is 0 Å². The van der Waals surface area contributed by atoms with Gasteiger partial charge in [0.2, 0.25) is 5.91 Å². The molecule has 0 bridgehead atoms. The number of rotatable bonds is 6. The number of alkyl halides is 3. The second-order valence-electron chi connectivity index (χ2n) is 5.31. The van der Waals surface area contributed by atoms with Crippen LogP contribution in [0.25, 0.3) is 0 Å². The molecule has 0 saturated carbocycles. The van der Waals surface area contributed by atoms with Crippen molar-refractivity contribution in [3.05, 3.63) is 35.9 Å². The lowest BCUT2D eigenvalue weighted by atomic mass is 10.0. The van der Waals surface area contributed by atoms with Gasteiger partial charge in [-0.1, -0.05) is 30.3 Å². The van der Waals surface area contributed by atoms with E-state index in [4.69, 9.17) is 5.73 Å². The van der Waals surface area contributed by atoms with Gasteiger partial charge in [0, 0.05) is 6.04 Å². The molecule has 0 aliphatic carbocycles. The number of nitrogens with two attached hydrogens (primary N) is 1. The summed E-state index contributed by atoms with van der Waals surface area (Å²) in [5.41, 5.74) is 6.77. The van der Waals surface area contributed by atoms with E-state index in [2.05, 4.69) is 0 Å². The summed E-state index contributed by atoms with van der Waals surface area (Å²) in [6.45, 7) is 1.84. The van der Waals surface area contributed by atoms with Crippen molar-refractivity contribution in [1.29, 1.82) is 0 Å². The Morgan fingerprint density at radius 2 is 1.81 bits per heavy atom. The van der Waals surface area contributed by atoms with E-state index in [0.29, 0.717) is 12.8 Å². The molecule has 6 heteroatoms. The molecule has 0 saturated heterocycles. The molecule has 1 atom stereocenters. The van der Waals surface area contributed by atoms with Crippen molar-refractivity contribution < 1.29 is 18.0 Å². The first kappa shape index (κ1) is 17.5. The number of carbonyl (C=O) groups is 1. The lowest BCUT2D eigenvalue weighted by Gasteiger charge is -2.30. The third-order valence-corrected chi connectivity index (χ3v) is 3.16. The average molecular weight is 302 g/mol. The normalized spacial score (nSPS) is 13.3. The van der Waals surface area contributed by atoms with Gasteiger partial charge in [0.25, 0.3) is 0 Å². The van der Waals surface area contributed by atoms with Gasteiger partial charge in [-0.25, -0.2) is 0 Å². The third-order valence-electron chi connectivity index (χ3n) is 3.16. The molecule has 1 rings (SSSR count). The summed E-state index contributed by atoms with van der Waals surface area (Å²) >= 11 is 0. The van der Waals surface area contributed by atoms with Crippen LogP contribution < -0.4 is 5.73 Å². The van der Waals surface area contributed by atoms with E-state index in [9.17, 15) is 18.0 Å². The molecule has 0 unspecified atom stereocenters. The van der Waals surface area contributed by atoms with Gasteiger partial charge in [0.15, 0.2) is 0 Å². The van der Waals surface area contributed by atoms with E-state index in [0.717, 1.165) is 10.5 Å². The fourth-order valence-electron chi connectivity index (χ4n) is 2.01. The maximum absolute atomic E-state index is 12.5. The molecule has 1 aromatic rings. The van der Waals surface area contributed by atoms with E-state index in [-0.39, 0.29) is 0 Å². The number of amides is 1. The monoisotopic (exact) mass is 302 g/mol. The van der Waals surface area contributed by atoms with E-state index in [1.54, 1.807) is 13.8 Å². The Morgan fingerprint density at radius 3 is 2.29 bits per heavy atom. The van der Waals surface area contributed by atoms with Crippen molar-refractivity contribution in [3.63, 3.8) is 0 Å². The molecule has 0 spiro atoms. The van der Waals surface area contributed by atoms with Crippen molar-refractivity contribution in [1.82, 2.24) is 4.90 Å². The second-order valence-corrected chi connectivity index (χ2v) is 5.31. The summed E-state index contributed by atoms with van der Waals surface area (Å²) in [6, 6.07) is 7.94. The van der Waals surface area contributed by atoms with Crippen LogP contribution in [0.15, 0.2) is 30.3 Å². The molecular formula is C15H21F3N2O. The molecule has 1 amide bonds. The highest BCUT2D eigenvalue weighted by Gasteiger charge is 2.35. The summed E-state index contributed by atoms with van der Waals surface area (Å²) in [5.74, 6) is -0.654. The molecule has 0 fully saturated rings. The van der Waals surface area contributed by atoms with Crippen molar-refractivity contribution in [2.75, 3.05) is 6.54 Å². The molecule has 0 aromatic heterocycles. The first-order valence-electron chi connectivity index (χ1n) is 6.87. The Bertz CT molecular complexity index is 446. The van der Waals surface area contributed by atoms with Crippen LogP contribution in [0.4, 0.5) is 13.2 Å².